The molecule has 11 aromatic rings. The molecular weight excluding hydrogens is 655 g/mol. The fraction of sp³-hybridized carbons (Fsp3) is 0. The molecule has 0 spiro atoms. The van der Waals surface area contributed by atoms with Gasteiger partial charge in [-0.2, -0.15) is 0 Å². The smallest absolute Gasteiger partial charge is 0.136 e. The molecule has 0 saturated carbocycles. The van der Waals surface area contributed by atoms with Crippen molar-refractivity contribution in [2.75, 3.05) is 4.90 Å². The summed E-state index contributed by atoms with van der Waals surface area (Å²) in [6.45, 7) is 0. The van der Waals surface area contributed by atoms with Crippen LogP contribution in [0.3, 0.4) is 0 Å². The standard InChI is InChI=1S/C52H33NO/c1-2-14-34(15-3-1)36-18-12-19-38(32-36)53(48-26-13-17-35-16-4-5-20-39(35)48)47-25-10-8-21-40(47)37-28-29-42-41-22-6-7-23-43(41)51-44(46(42)33-37)30-31-50-52(51)45-24-9-11-27-49(45)54-50/h1-33H. The van der Waals surface area contributed by atoms with Crippen LogP contribution in [-0.2, 0) is 0 Å². The Hall–Kier alpha value is -7.16. The van der Waals surface area contributed by atoms with Crippen LogP contribution in [0.2, 0.25) is 0 Å². The topological polar surface area (TPSA) is 16.4 Å². The van der Waals surface area contributed by atoms with Crippen molar-refractivity contribution in [3.63, 3.8) is 0 Å². The van der Waals surface area contributed by atoms with Crippen molar-refractivity contribution < 1.29 is 4.42 Å². The van der Waals surface area contributed by atoms with Gasteiger partial charge in [0.25, 0.3) is 0 Å². The molecule has 0 aliphatic rings. The van der Waals surface area contributed by atoms with E-state index in [2.05, 4.69) is 199 Å². The number of furan rings is 1. The van der Waals surface area contributed by atoms with Crippen LogP contribution in [0.25, 0.3) is 87.3 Å². The summed E-state index contributed by atoms with van der Waals surface area (Å²) in [5.74, 6) is 0. The van der Waals surface area contributed by atoms with E-state index >= 15 is 0 Å². The molecule has 0 fully saturated rings. The Morgan fingerprint density at radius 1 is 0.315 bits per heavy atom. The first-order valence-corrected chi connectivity index (χ1v) is 18.5. The Bertz CT molecular complexity index is 3220. The van der Waals surface area contributed by atoms with Crippen molar-refractivity contribution in [2.45, 2.75) is 0 Å². The molecule has 252 valence electrons. The van der Waals surface area contributed by atoms with Crippen LogP contribution >= 0.6 is 0 Å². The molecule has 0 aliphatic carbocycles. The van der Waals surface area contributed by atoms with E-state index in [0.717, 1.165) is 44.7 Å². The molecule has 0 N–H and O–H groups in total. The van der Waals surface area contributed by atoms with Gasteiger partial charge in [0.1, 0.15) is 11.2 Å². The molecule has 54 heavy (non-hydrogen) atoms. The maximum Gasteiger partial charge on any atom is 0.136 e. The predicted octanol–water partition coefficient (Wildman–Crippen LogP) is 15.0. The fourth-order valence-corrected chi connectivity index (χ4v) is 8.61. The Kier molecular flexibility index (Phi) is 6.90. The van der Waals surface area contributed by atoms with Crippen LogP contribution < -0.4 is 4.90 Å². The van der Waals surface area contributed by atoms with Crippen LogP contribution in [0, 0.1) is 0 Å². The van der Waals surface area contributed by atoms with E-state index in [0.29, 0.717) is 0 Å². The molecule has 0 unspecified atom stereocenters. The highest BCUT2D eigenvalue weighted by molar-refractivity contribution is 6.34. The average Bonchev–Trinajstić information content (AvgIpc) is 3.63. The van der Waals surface area contributed by atoms with Gasteiger partial charge in [0.15, 0.2) is 0 Å². The van der Waals surface area contributed by atoms with Crippen molar-refractivity contribution in [2.24, 2.45) is 0 Å². The van der Waals surface area contributed by atoms with Gasteiger partial charge in [-0.25, -0.2) is 0 Å². The lowest BCUT2D eigenvalue weighted by atomic mass is 9.90. The molecule has 2 nitrogen and oxygen atoms in total. The Labute approximate surface area is 312 Å². The van der Waals surface area contributed by atoms with Gasteiger partial charge in [0.05, 0.1) is 11.4 Å². The summed E-state index contributed by atoms with van der Waals surface area (Å²) in [6.07, 6.45) is 0. The van der Waals surface area contributed by atoms with Crippen molar-refractivity contribution >= 4 is 82.1 Å². The summed E-state index contributed by atoms with van der Waals surface area (Å²) in [6, 6.07) is 72.3. The van der Waals surface area contributed by atoms with Gasteiger partial charge in [-0.3, -0.25) is 0 Å². The second kappa shape index (κ2) is 12.2. The summed E-state index contributed by atoms with van der Waals surface area (Å²) in [5, 5.41) is 12.1. The van der Waals surface area contributed by atoms with Gasteiger partial charge in [-0.05, 0) is 97.5 Å². The van der Waals surface area contributed by atoms with Gasteiger partial charge in [0, 0.05) is 32.8 Å². The van der Waals surface area contributed by atoms with E-state index in [1.165, 1.54) is 59.6 Å². The molecule has 1 aromatic heterocycles. The number of hydrogen-bond acceptors (Lipinski definition) is 2. The second-order valence-corrected chi connectivity index (χ2v) is 14.0. The van der Waals surface area contributed by atoms with Gasteiger partial charge in [0.2, 0.25) is 0 Å². The molecule has 0 atom stereocenters. The lowest BCUT2D eigenvalue weighted by molar-refractivity contribution is 0.669. The van der Waals surface area contributed by atoms with Crippen LogP contribution in [0.1, 0.15) is 0 Å². The molecule has 0 bridgehead atoms. The number of hydrogen-bond donors (Lipinski definition) is 0. The Morgan fingerprint density at radius 2 is 0.944 bits per heavy atom. The predicted molar refractivity (Wildman–Crippen MR) is 229 cm³/mol. The number of para-hydroxylation sites is 2. The quantitative estimate of drug-likeness (QED) is 0.168. The molecule has 1 heterocycles. The zero-order valence-corrected chi connectivity index (χ0v) is 29.4. The number of rotatable bonds is 5. The third-order valence-corrected chi connectivity index (χ3v) is 11.0. The highest BCUT2D eigenvalue weighted by Crippen LogP contribution is 2.47. The lowest BCUT2D eigenvalue weighted by Gasteiger charge is -2.29. The van der Waals surface area contributed by atoms with Crippen LogP contribution in [0.4, 0.5) is 17.1 Å². The largest absolute Gasteiger partial charge is 0.456 e. The summed E-state index contributed by atoms with van der Waals surface area (Å²) >= 11 is 0. The minimum absolute atomic E-state index is 0.914. The highest BCUT2D eigenvalue weighted by atomic mass is 16.3. The van der Waals surface area contributed by atoms with Crippen molar-refractivity contribution in [1.29, 1.82) is 0 Å². The molecule has 11 rings (SSSR count). The van der Waals surface area contributed by atoms with E-state index in [9.17, 15) is 0 Å². The summed E-state index contributed by atoms with van der Waals surface area (Å²) in [7, 11) is 0. The molecule has 0 radical (unpaired) electrons. The number of anilines is 3. The maximum atomic E-state index is 6.40. The maximum absolute atomic E-state index is 6.40. The van der Waals surface area contributed by atoms with Gasteiger partial charge < -0.3 is 9.32 Å². The normalized spacial score (nSPS) is 11.7. The minimum Gasteiger partial charge on any atom is -0.456 e. The van der Waals surface area contributed by atoms with E-state index < -0.39 is 0 Å². The van der Waals surface area contributed by atoms with Gasteiger partial charge in [-0.15, -0.1) is 0 Å². The molecule has 0 aliphatic heterocycles. The Balaban J connectivity index is 1.19. The summed E-state index contributed by atoms with van der Waals surface area (Å²) in [4.78, 5) is 2.44. The van der Waals surface area contributed by atoms with E-state index in [1.807, 2.05) is 6.07 Å². The second-order valence-electron chi connectivity index (χ2n) is 14.0. The number of fused-ring (bicyclic) bond motifs is 11. The molecule has 10 aromatic carbocycles. The van der Waals surface area contributed by atoms with Crippen LogP contribution in [-0.4, -0.2) is 0 Å². The van der Waals surface area contributed by atoms with Crippen LogP contribution in [0.5, 0.6) is 0 Å². The van der Waals surface area contributed by atoms with E-state index in [4.69, 9.17) is 4.42 Å². The monoisotopic (exact) mass is 687 g/mol. The highest BCUT2D eigenvalue weighted by Gasteiger charge is 2.21. The number of benzene rings is 10. The first-order chi connectivity index (χ1) is 26.8. The first kappa shape index (κ1) is 30.5. The van der Waals surface area contributed by atoms with Gasteiger partial charge >= 0.3 is 0 Å². The Morgan fingerprint density at radius 3 is 1.85 bits per heavy atom. The SMILES string of the molecule is c1ccc(-c2cccc(N(c3ccccc3-c3ccc4c5ccccc5c5c(ccc6oc7ccccc7c65)c4c3)c3cccc4ccccc34)c2)cc1. The summed E-state index contributed by atoms with van der Waals surface area (Å²) in [5.41, 5.74) is 9.88. The van der Waals surface area contributed by atoms with Crippen molar-refractivity contribution in [3.05, 3.63) is 200 Å². The van der Waals surface area contributed by atoms with Gasteiger partial charge in [-0.1, -0.05) is 152 Å². The summed E-state index contributed by atoms with van der Waals surface area (Å²) < 4.78 is 6.40. The van der Waals surface area contributed by atoms with Crippen molar-refractivity contribution in [1.82, 2.24) is 0 Å². The molecule has 2 heteroatoms. The molecular formula is C52H33NO. The third kappa shape index (κ3) is 4.74. The fourth-order valence-electron chi connectivity index (χ4n) is 8.61. The van der Waals surface area contributed by atoms with E-state index in [1.54, 1.807) is 0 Å². The molecule has 0 amide bonds. The van der Waals surface area contributed by atoms with Crippen LogP contribution in [0.15, 0.2) is 205 Å². The van der Waals surface area contributed by atoms with E-state index in [-0.39, 0.29) is 0 Å². The van der Waals surface area contributed by atoms with Crippen molar-refractivity contribution in [3.8, 4) is 22.3 Å². The third-order valence-electron chi connectivity index (χ3n) is 11.0. The first-order valence-electron chi connectivity index (χ1n) is 18.5. The lowest BCUT2D eigenvalue weighted by Crippen LogP contribution is -2.12. The minimum atomic E-state index is 0.914. The molecule has 0 saturated heterocycles. The average molecular weight is 688 g/mol. The zero-order valence-electron chi connectivity index (χ0n) is 29.4. The number of nitrogens with zero attached hydrogens (tertiary/aromatic N) is 1. The zero-order chi connectivity index (χ0) is 35.6.